The van der Waals surface area contributed by atoms with Crippen LogP contribution in [0.1, 0.15) is 182 Å². The minimum Gasteiger partial charge on any atom is -0.418 e. The average Bonchev–Trinajstić information content (AvgIpc) is 2.86. The van der Waals surface area contributed by atoms with Crippen molar-refractivity contribution in [3.63, 3.8) is 0 Å². The predicted molar refractivity (Wildman–Crippen MR) is 163 cm³/mol. The molecule has 0 aromatic carbocycles. The first-order valence-corrected chi connectivity index (χ1v) is 17.0. The molecule has 232 valence electrons. The molecular formula is C32H68BF4N. The Morgan fingerprint density at radius 2 is 0.474 bits per heavy atom. The van der Waals surface area contributed by atoms with Gasteiger partial charge in [0.1, 0.15) is 0 Å². The Hall–Kier alpha value is -0.255. The molecule has 0 fully saturated rings. The van der Waals surface area contributed by atoms with Crippen LogP contribution in [0.15, 0.2) is 0 Å². The molecule has 0 saturated carbocycles. The minimum absolute atomic E-state index is 1.37. The van der Waals surface area contributed by atoms with Crippen molar-refractivity contribution in [2.24, 2.45) is 0 Å². The average molecular weight is 554 g/mol. The van der Waals surface area contributed by atoms with Crippen LogP contribution in [0.25, 0.3) is 0 Å². The van der Waals surface area contributed by atoms with Crippen LogP contribution < -0.4 is 0 Å². The fraction of sp³-hybridized carbons (Fsp3) is 1.00. The molecule has 0 aliphatic carbocycles. The highest BCUT2D eigenvalue weighted by molar-refractivity contribution is 6.50. The Kier molecular flexibility index (Phi) is 31.2. The third-order valence-corrected chi connectivity index (χ3v) is 7.94. The smallest absolute Gasteiger partial charge is 0.418 e. The second-order valence-corrected chi connectivity index (χ2v) is 11.8. The van der Waals surface area contributed by atoms with Crippen molar-refractivity contribution >= 4 is 7.25 Å². The maximum atomic E-state index is 9.75. The van der Waals surface area contributed by atoms with Crippen molar-refractivity contribution in [2.45, 2.75) is 182 Å². The Labute approximate surface area is 237 Å². The number of halogens is 4. The van der Waals surface area contributed by atoms with Crippen LogP contribution in [0.5, 0.6) is 0 Å². The Balaban J connectivity index is 0. The summed E-state index contributed by atoms with van der Waals surface area (Å²) < 4.78 is 40.5. The summed E-state index contributed by atoms with van der Waals surface area (Å²) in [5.41, 5.74) is 0. The third-order valence-electron chi connectivity index (χ3n) is 7.94. The largest absolute Gasteiger partial charge is 0.673 e. The Morgan fingerprint density at radius 1 is 0.316 bits per heavy atom. The number of hydrogen-bond acceptors (Lipinski definition) is 0. The molecule has 0 N–H and O–H groups in total. The summed E-state index contributed by atoms with van der Waals surface area (Å²) in [6.45, 7) is 15.3. The van der Waals surface area contributed by atoms with Gasteiger partial charge in [0.25, 0.3) is 0 Å². The predicted octanol–water partition coefficient (Wildman–Crippen LogP) is 12.5. The van der Waals surface area contributed by atoms with E-state index in [1.54, 1.807) is 0 Å². The van der Waals surface area contributed by atoms with Gasteiger partial charge in [-0.15, -0.1) is 0 Å². The summed E-state index contributed by atoms with van der Waals surface area (Å²) in [5.74, 6) is 0. The Morgan fingerprint density at radius 3 is 0.658 bits per heavy atom. The van der Waals surface area contributed by atoms with Gasteiger partial charge < -0.3 is 21.7 Å². The zero-order valence-electron chi connectivity index (χ0n) is 26.3. The fourth-order valence-corrected chi connectivity index (χ4v) is 5.58. The van der Waals surface area contributed by atoms with Crippen LogP contribution in [0, 0.1) is 0 Å². The molecule has 0 unspecified atom stereocenters. The van der Waals surface area contributed by atoms with E-state index < -0.39 is 7.25 Å². The summed E-state index contributed by atoms with van der Waals surface area (Å²) in [4.78, 5) is 0. The van der Waals surface area contributed by atoms with Gasteiger partial charge >= 0.3 is 7.25 Å². The van der Waals surface area contributed by atoms with Crippen molar-refractivity contribution in [3.8, 4) is 0 Å². The summed E-state index contributed by atoms with van der Waals surface area (Å²) in [6.07, 6.45) is 34.8. The first-order chi connectivity index (χ1) is 18.2. The molecule has 0 aromatic heterocycles. The van der Waals surface area contributed by atoms with Crippen LogP contribution in [0.4, 0.5) is 17.3 Å². The molecule has 38 heavy (non-hydrogen) atoms. The normalized spacial score (nSPS) is 12.0. The fourth-order valence-electron chi connectivity index (χ4n) is 5.58. The summed E-state index contributed by atoms with van der Waals surface area (Å²) >= 11 is 0. The zero-order chi connectivity index (χ0) is 28.8. The maximum Gasteiger partial charge on any atom is 0.673 e. The molecule has 0 saturated heterocycles. The van der Waals surface area contributed by atoms with Gasteiger partial charge in [-0.25, -0.2) is 0 Å². The molecule has 6 heteroatoms. The lowest BCUT2D eigenvalue weighted by atomic mass is 10.0. The molecule has 0 aliphatic heterocycles. The van der Waals surface area contributed by atoms with Crippen LogP contribution >= 0.6 is 0 Å². The van der Waals surface area contributed by atoms with Gasteiger partial charge in [-0.05, 0) is 51.4 Å². The van der Waals surface area contributed by atoms with Crippen molar-refractivity contribution in [3.05, 3.63) is 0 Å². The van der Waals surface area contributed by atoms with Crippen molar-refractivity contribution in [1.82, 2.24) is 0 Å². The van der Waals surface area contributed by atoms with Crippen LogP contribution in [-0.2, 0) is 0 Å². The van der Waals surface area contributed by atoms with Gasteiger partial charge in [0.2, 0.25) is 0 Å². The molecule has 0 amide bonds. The highest BCUT2D eigenvalue weighted by atomic mass is 19.5. The van der Waals surface area contributed by atoms with Gasteiger partial charge in [0.15, 0.2) is 0 Å². The monoisotopic (exact) mass is 554 g/mol. The molecule has 0 aliphatic rings. The molecular weight excluding hydrogens is 485 g/mol. The number of quaternary nitrogens is 1. The molecule has 0 radical (unpaired) electrons. The molecule has 1 nitrogen and oxygen atoms in total. The van der Waals surface area contributed by atoms with Crippen LogP contribution in [0.2, 0.25) is 0 Å². The van der Waals surface area contributed by atoms with Crippen molar-refractivity contribution < 1.29 is 21.7 Å². The summed E-state index contributed by atoms with van der Waals surface area (Å²) in [6, 6.07) is 0. The molecule has 0 spiro atoms. The van der Waals surface area contributed by atoms with Crippen LogP contribution in [-0.4, -0.2) is 37.9 Å². The van der Waals surface area contributed by atoms with Crippen molar-refractivity contribution in [1.29, 1.82) is 0 Å². The summed E-state index contributed by atoms with van der Waals surface area (Å²) in [5, 5.41) is 0. The number of rotatable bonds is 28. The van der Waals surface area contributed by atoms with Gasteiger partial charge in [0, 0.05) is 0 Å². The lowest BCUT2D eigenvalue weighted by molar-refractivity contribution is -0.929. The highest BCUT2D eigenvalue weighted by Gasteiger charge is 2.25. The molecule has 0 atom stereocenters. The number of unbranched alkanes of at least 4 members (excludes halogenated alkanes) is 20. The standard InChI is InChI=1S/C32H68N.BF4/c1-5-9-13-17-21-25-29-33(30-26-22-18-14-10-6-2,31-27-23-19-15-11-7-3)32-28-24-20-16-12-8-4;2-1(3,4)5/h5-32H2,1-4H3;/q+1;-1. The Bertz CT molecular complexity index is 370. The second-order valence-electron chi connectivity index (χ2n) is 11.8. The van der Waals surface area contributed by atoms with Gasteiger partial charge in [0.05, 0.1) is 26.2 Å². The van der Waals surface area contributed by atoms with Crippen LogP contribution in [0.3, 0.4) is 0 Å². The minimum atomic E-state index is -6.00. The topological polar surface area (TPSA) is 0 Å². The van der Waals surface area contributed by atoms with Gasteiger partial charge in [-0.1, -0.05) is 130 Å². The number of hydrogen-bond donors (Lipinski definition) is 0. The van der Waals surface area contributed by atoms with E-state index in [0.717, 1.165) is 0 Å². The van der Waals surface area contributed by atoms with Crippen molar-refractivity contribution in [2.75, 3.05) is 26.2 Å². The van der Waals surface area contributed by atoms with E-state index in [1.165, 1.54) is 185 Å². The van der Waals surface area contributed by atoms with E-state index in [9.17, 15) is 17.3 Å². The summed E-state index contributed by atoms with van der Waals surface area (Å²) in [7, 11) is -6.00. The van der Waals surface area contributed by atoms with E-state index in [1.807, 2.05) is 0 Å². The van der Waals surface area contributed by atoms with E-state index in [-0.39, 0.29) is 0 Å². The first kappa shape index (κ1) is 39.9. The van der Waals surface area contributed by atoms with Gasteiger partial charge in [-0.2, -0.15) is 0 Å². The SMILES string of the molecule is CCCCCCCC[N+](CCCCCCCC)(CCCCCCCC)CCCCCCCC.F[B-](F)(F)F. The van der Waals surface area contributed by atoms with E-state index in [2.05, 4.69) is 27.7 Å². The zero-order valence-corrected chi connectivity index (χ0v) is 26.3. The van der Waals surface area contributed by atoms with Gasteiger partial charge in [-0.3, -0.25) is 0 Å². The third kappa shape index (κ3) is 33.8. The van der Waals surface area contributed by atoms with E-state index >= 15 is 0 Å². The highest BCUT2D eigenvalue weighted by Crippen LogP contribution is 2.20. The van der Waals surface area contributed by atoms with E-state index in [0.29, 0.717) is 0 Å². The number of nitrogens with zero attached hydrogens (tertiary/aromatic N) is 1. The van der Waals surface area contributed by atoms with E-state index in [4.69, 9.17) is 0 Å². The quantitative estimate of drug-likeness (QED) is 0.0391. The lowest BCUT2D eigenvalue weighted by Crippen LogP contribution is -2.50. The molecule has 0 bridgehead atoms. The molecule has 0 rings (SSSR count). The lowest BCUT2D eigenvalue weighted by Gasteiger charge is -2.40. The molecule has 0 heterocycles. The maximum absolute atomic E-state index is 9.75. The second kappa shape index (κ2) is 29.7. The molecule has 0 aromatic rings. The first-order valence-electron chi connectivity index (χ1n) is 17.0.